The highest BCUT2D eigenvalue weighted by Crippen LogP contribution is 2.25. The molecule has 2 heterocycles. The van der Waals surface area contributed by atoms with E-state index >= 15 is 0 Å². The van der Waals surface area contributed by atoms with E-state index in [0.29, 0.717) is 10.9 Å². The molecular weight excluding hydrogens is 418 g/mol. The molecule has 10 heteroatoms. The van der Waals surface area contributed by atoms with Crippen LogP contribution in [0.1, 0.15) is 0 Å². The summed E-state index contributed by atoms with van der Waals surface area (Å²) in [4.78, 5) is 8.86. The van der Waals surface area contributed by atoms with Crippen LogP contribution in [0.3, 0.4) is 0 Å². The number of thiophene rings is 1. The monoisotopic (exact) mass is 441 g/mol. The van der Waals surface area contributed by atoms with Crippen LogP contribution in [0.2, 0.25) is 4.34 Å². The first-order chi connectivity index (χ1) is 13.5. The maximum atomic E-state index is 12.2. The van der Waals surface area contributed by atoms with Gasteiger partial charge < -0.3 is 15.1 Å². The molecule has 2 aromatic rings. The summed E-state index contributed by atoms with van der Waals surface area (Å²) in [7, 11) is -1.78. The molecule has 7 nitrogen and oxygen atoms in total. The Balaban J connectivity index is 1.44. The van der Waals surface area contributed by atoms with E-state index in [0.717, 1.165) is 43.5 Å². The number of nitrogens with zero attached hydrogens (tertiary/aromatic N) is 3. The Labute approximate surface area is 175 Å². The lowest BCUT2D eigenvalue weighted by atomic mass is 10.2. The first-order valence-electron chi connectivity index (χ1n) is 9.00. The summed E-state index contributed by atoms with van der Waals surface area (Å²) in [6.45, 7) is 4.25. The van der Waals surface area contributed by atoms with E-state index in [1.807, 2.05) is 18.2 Å². The number of piperazine rings is 1. The van der Waals surface area contributed by atoms with Crippen LogP contribution >= 0.6 is 22.9 Å². The molecule has 0 radical (unpaired) electrons. The second-order valence-corrected chi connectivity index (χ2v) is 9.95. The van der Waals surface area contributed by atoms with Crippen LogP contribution < -0.4 is 14.9 Å². The number of hydrogen-bond acceptors (Lipinski definition) is 5. The molecule has 0 saturated carbocycles. The predicted molar refractivity (Wildman–Crippen MR) is 116 cm³/mol. The molecule has 28 heavy (non-hydrogen) atoms. The Kier molecular flexibility index (Phi) is 7.17. The Morgan fingerprint density at radius 2 is 1.82 bits per heavy atom. The normalized spacial score (nSPS) is 15.7. The molecule has 1 aromatic heterocycles. The molecule has 152 valence electrons. The fourth-order valence-corrected chi connectivity index (χ4v) is 5.58. The van der Waals surface area contributed by atoms with Gasteiger partial charge in [-0.1, -0.05) is 29.8 Å². The third kappa shape index (κ3) is 5.38. The lowest BCUT2D eigenvalue weighted by Gasteiger charge is -2.37. The van der Waals surface area contributed by atoms with Gasteiger partial charge in [0.25, 0.3) is 0 Å². The van der Waals surface area contributed by atoms with Crippen LogP contribution in [0.5, 0.6) is 0 Å². The molecule has 1 aliphatic rings. The second kappa shape index (κ2) is 9.60. The van der Waals surface area contributed by atoms with Crippen molar-refractivity contribution in [1.82, 2.24) is 14.9 Å². The third-order valence-electron chi connectivity index (χ3n) is 4.43. The first-order valence-corrected chi connectivity index (χ1v) is 11.7. The van der Waals surface area contributed by atoms with Gasteiger partial charge in [-0.15, -0.1) is 11.3 Å². The number of aliphatic imine (C=N–C) groups is 1. The standard InChI is InChI=1S/C18H24ClN5O2S2/c1-20-18(21-9-10-22-28(25,26)17-8-7-16(19)27-17)24-13-11-23(12-14-24)15-5-3-2-4-6-15/h2-8,22H,9-14H2,1H3,(H,20,21). The van der Waals surface area contributed by atoms with Gasteiger partial charge in [0.15, 0.2) is 5.96 Å². The minimum Gasteiger partial charge on any atom is -0.368 e. The van der Waals surface area contributed by atoms with Crippen molar-refractivity contribution < 1.29 is 8.42 Å². The van der Waals surface area contributed by atoms with E-state index < -0.39 is 10.0 Å². The van der Waals surface area contributed by atoms with Gasteiger partial charge in [0.05, 0.1) is 4.34 Å². The average molecular weight is 442 g/mol. The van der Waals surface area contributed by atoms with Crippen molar-refractivity contribution in [1.29, 1.82) is 0 Å². The molecule has 0 aliphatic carbocycles. The van der Waals surface area contributed by atoms with E-state index in [2.05, 4.69) is 37.0 Å². The largest absolute Gasteiger partial charge is 0.368 e. The molecule has 3 rings (SSSR count). The summed E-state index contributed by atoms with van der Waals surface area (Å²) < 4.78 is 27.7. The zero-order valence-corrected chi connectivity index (χ0v) is 18.0. The number of para-hydroxylation sites is 1. The summed E-state index contributed by atoms with van der Waals surface area (Å²) in [5.74, 6) is 0.783. The van der Waals surface area contributed by atoms with Crippen LogP contribution in [0.4, 0.5) is 5.69 Å². The molecule has 2 N–H and O–H groups in total. The molecule has 0 atom stereocenters. The fourth-order valence-electron chi connectivity index (χ4n) is 3.02. The van der Waals surface area contributed by atoms with Gasteiger partial charge in [0.2, 0.25) is 10.0 Å². The van der Waals surface area contributed by atoms with E-state index in [9.17, 15) is 8.42 Å². The molecule has 0 bridgehead atoms. The van der Waals surface area contributed by atoms with Gasteiger partial charge in [-0.2, -0.15) is 0 Å². The van der Waals surface area contributed by atoms with Crippen LogP contribution in [0, 0.1) is 0 Å². The molecule has 1 aromatic carbocycles. The fraction of sp³-hybridized carbons (Fsp3) is 0.389. The van der Waals surface area contributed by atoms with E-state index in [1.165, 1.54) is 11.8 Å². The van der Waals surface area contributed by atoms with Gasteiger partial charge in [-0.25, -0.2) is 13.1 Å². The van der Waals surface area contributed by atoms with Crippen molar-refractivity contribution in [3.63, 3.8) is 0 Å². The summed E-state index contributed by atoms with van der Waals surface area (Å²) >= 11 is 6.86. The molecular formula is C18H24ClN5O2S2. The van der Waals surface area contributed by atoms with Crippen molar-refractivity contribution in [3.8, 4) is 0 Å². The zero-order valence-electron chi connectivity index (χ0n) is 15.6. The maximum Gasteiger partial charge on any atom is 0.250 e. The highest BCUT2D eigenvalue weighted by molar-refractivity contribution is 7.91. The topological polar surface area (TPSA) is 77.0 Å². The Hall–Kier alpha value is -1.81. The van der Waals surface area contributed by atoms with Crippen molar-refractivity contribution in [2.75, 3.05) is 51.2 Å². The predicted octanol–water partition coefficient (Wildman–Crippen LogP) is 2.08. The first kappa shape index (κ1) is 20.9. The number of benzene rings is 1. The summed E-state index contributed by atoms with van der Waals surface area (Å²) in [6, 6.07) is 13.4. The van der Waals surface area contributed by atoms with Gasteiger partial charge in [-0.3, -0.25) is 4.99 Å². The average Bonchev–Trinajstić information content (AvgIpc) is 3.16. The van der Waals surface area contributed by atoms with Crippen LogP contribution in [0.25, 0.3) is 0 Å². The minimum absolute atomic E-state index is 0.221. The zero-order chi connectivity index (χ0) is 20.0. The van der Waals surface area contributed by atoms with Crippen molar-refractivity contribution in [3.05, 3.63) is 46.8 Å². The number of rotatable bonds is 6. The number of anilines is 1. The number of hydrogen-bond donors (Lipinski definition) is 2. The number of nitrogens with one attached hydrogen (secondary N) is 2. The second-order valence-electron chi connectivity index (χ2n) is 6.24. The number of halogens is 1. The van der Waals surface area contributed by atoms with E-state index in [1.54, 1.807) is 13.1 Å². The highest BCUT2D eigenvalue weighted by atomic mass is 35.5. The molecule has 1 fully saturated rings. The Morgan fingerprint density at radius 1 is 1.11 bits per heavy atom. The van der Waals surface area contributed by atoms with Gasteiger partial charge >= 0.3 is 0 Å². The molecule has 0 unspecified atom stereocenters. The lowest BCUT2D eigenvalue weighted by Crippen LogP contribution is -2.53. The van der Waals surface area contributed by atoms with Crippen molar-refractivity contribution in [2.24, 2.45) is 4.99 Å². The minimum atomic E-state index is -3.52. The van der Waals surface area contributed by atoms with Gasteiger partial charge in [0.1, 0.15) is 4.21 Å². The molecule has 1 aliphatic heterocycles. The SMILES string of the molecule is CN=C(NCCNS(=O)(=O)c1ccc(Cl)s1)N1CCN(c2ccccc2)CC1. The van der Waals surface area contributed by atoms with E-state index in [-0.39, 0.29) is 10.8 Å². The number of sulfonamides is 1. The Morgan fingerprint density at radius 3 is 2.43 bits per heavy atom. The quantitative estimate of drug-likeness (QED) is 0.407. The van der Waals surface area contributed by atoms with Gasteiger partial charge in [0, 0.05) is 52.0 Å². The van der Waals surface area contributed by atoms with Gasteiger partial charge in [-0.05, 0) is 24.3 Å². The highest BCUT2D eigenvalue weighted by Gasteiger charge is 2.20. The van der Waals surface area contributed by atoms with Crippen LogP contribution in [-0.2, 0) is 10.0 Å². The van der Waals surface area contributed by atoms with Crippen LogP contribution in [-0.4, -0.2) is 65.6 Å². The smallest absolute Gasteiger partial charge is 0.250 e. The summed E-state index contributed by atoms with van der Waals surface area (Å²) in [5, 5.41) is 3.23. The van der Waals surface area contributed by atoms with Crippen molar-refractivity contribution >= 4 is 44.6 Å². The summed E-state index contributed by atoms with van der Waals surface area (Å²) in [5.41, 5.74) is 1.23. The molecule has 0 amide bonds. The lowest BCUT2D eigenvalue weighted by molar-refractivity contribution is 0.373. The molecule has 1 saturated heterocycles. The van der Waals surface area contributed by atoms with E-state index in [4.69, 9.17) is 11.6 Å². The van der Waals surface area contributed by atoms with Crippen molar-refractivity contribution in [2.45, 2.75) is 4.21 Å². The maximum absolute atomic E-state index is 12.2. The van der Waals surface area contributed by atoms with Crippen LogP contribution in [0.15, 0.2) is 51.7 Å². The third-order valence-corrected chi connectivity index (χ3v) is 7.61. The molecule has 0 spiro atoms. The number of guanidine groups is 1. The Bertz CT molecular complexity index is 894. The summed E-state index contributed by atoms with van der Waals surface area (Å²) in [6.07, 6.45) is 0.